The van der Waals surface area contributed by atoms with Crippen molar-refractivity contribution >= 4 is 11.2 Å². The molecule has 0 atom stereocenters. The van der Waals surface area contributed by atoms with E-state index in [-0.39, 0.29) is 11.2 Å². The van der Waals surface area contributed by atoms with E-state index in [1.807, 2.05) is 24.5 Å². The van der Waals surface area contributed by atoms with Crippen LogP contribution in [0.2, 0.25) is 0 Å². The van der Waals surface area contributed by atoms with E-state index in [0.29, 0.717) is 50.0 Å². The molecule has 1 fully saturated rings. The lowest BCUT2D eigenvalue weighted by molar-refractivity contribution is 0.0361. The summed E-state index contributed by atoms with van der Waals surface area (Å²) in [6, 6.07) is 1.98. The van der Waals surface area contributed by atoms with E-state index in [1.165, 1.54) is 9.13 Å². The molecule has 4 rings (SSSR count). The highest BCUT2D eigenvalue weighted by Crippen LogP contribution is 2.18. The zero-order valence-corrected chi connectivity index (χ0v) is 18.8. The van der Waals surface area contributed by atoms with Gasteiger partial charge in [-0.3, -0.25) is 18.8 Å². The molecule has 168 valence electrons. The summed E-state index contributed by atoms with van der Waals surface area (Å²) in [5.41, 5.74) is 2.04. The van der Waals surface area contributed by atoms with E-state index in [2.05, 4.69) is 16.9 Å². The third kappa shape index (κ3) is 3.97. The van der Waals surface area contributed by atoms with Crippen LogP contribution in [0.1, 0.15) is 31.2 Å². The Balaban J connectivity index is 1.85. The second kappa shape index (κ2) is 8.80. The highest BCUT2D eigenvalue weighted by Gasteiger charge is 2.22. The van der Waals surface area contributed by atoms with Crippen molar-refractivity contribution in [3.05, 3.63) is 38.3 Å². The van der Waals surface area contributed by atoms with Crippen molar-refractivity contribution in [2.75, 3.05) is 32.8 Å². The molecule has 31 heavy (non-hydrogen) atoms. The monoisotopic (exact) mass is 429 g/mol. The molecular weight excluding hydrogens is 398 g/mol. The second-order valence-corrected chi connectivity index (χ2v) is 8.18. The minimum Gasteiger partial charge on any atom is -0.379 e. The largest absolute Gasteiger partial charge is 0.379 e. The molecule has 4 heterocycles. The molecule has 0 aliphatic carbocycles. The maximum Gasteiger partial charge on any atom is 0.332 e. The maximum absolute atomic E-state index is 13.5. The van der Waals surface area contributed by atoms with Gasteiger partial charge in [0, 0.05) is 45.5 Å². The molecule has 10 heteroatoms. The maximum atomic E-state index is 13.5. The molecule has 0 unspecified atom stereocenters. The SMILES string of the molecule is CCCCn1c(-n2nc(C)cc2C)nc2c1c(=O)n(CCN1CCOCC1)c(=O)n2C. The van der Waals surface area contributed by atoms with Gasteiger partial charge in [-0.2, -0.15) is 10.1 Å². The average molecular weight is 430 g/mol. The van der Waals surface area contributed by atoms with Gasteiger partial charge in [0.1, 0.15) is 0 Å². The number of rotatable bonds is 7. The van der Waals surface area contributed by atoms with E-state index in [1.54, 1.807) is 11.7 Å². The topological polar surface area (TPSA) is 92.1 Å². The predicted molar refractivity (Wildman–Crippen MR) is 118 cm³/mol. The summed E-state index contributed by atoms with van der Waals surface area (Å²) >= 11 is 0. The van der Waals surface area contributed by atoms with E-state index in [0.717, 1.165) is 37.3 Å². The molecule has 3 aromatic rings. The smallest absolute Gasteiger partial charge is 0.332 e. The quantitative estimate of drug-likeness (QED) is 0.553. The van der Waals surface area contributed by atoms with Crippen molar-refractivity contribution in [1.82, 2.24) is 33.4 Å². The molecule has 1 aliphatic rings. The highest BCUT2D eigenvalue weighted by molar-refractivity contribution is 5.72. The lowest BCUT2D eigenvalue weighted by Gasteiger charge is -2.26. The Morgan fingerprint density at radius 2 is 1.81 bits per heavy atom. The molecule has 1 saturated heterocycles. The fourth-order valence-corrected chi connectivity index (χ4v) is 4.14. The number of imidazole rings is 1. The Labute approximate surface area is 180 Å². The Morgan fingerprint density at radius 3 is 2.45 bits per heavy atom. The number of morpholine rings is 1. The molecule has 0 N–H and O–H groups in total. The first kappa shape index (κ1) is 21.5. The van der Waals surface area contributed by atoms with Crippen molar-refractivity contribution in [2.45, 2.75) is 46.7 Å². The van der Waals surface area contributed by atoms with Gasteiger partial charge in [0.2, 0.25) is 5.95 Å². The van der Waals surface area contributed by atoms with Crippen LogP contribution in [0.4, 0.5) is 0 Å². The number of aromatic nitrogens is 6. The fourth-order valence-electron chi connectivity index (χ4n) is 4.14. The molecule has 1 aliphatic heterocycles. The van der Waals surface area contributed by atoms with Crippen molar-refractivity contribution < 1.29 is 4.74 Å². The van der Waals surface area contributed by atoms with Crippen molar-refractivity contribution in [1.29, 1.82) is 0 Å². The summed E-state index contributed by atoms with van der Waals surface area (Å²) < 4.78 is 11.9. The first-order chi connectivity index (χ1) is 14.9. The Hall–Kier alpha value is -2.72. The predicted octanol–water partition coefficient (Wildman–Crippen LogP) is 0.832. The van der Waals surface area contributed by atoms with Gasteiger partial charge >= 0.3 is 5.69 Å². The molecule has 0 spiro atoms. The number of unbranched alkanes of at least 4 members (excludes halogenated alkanes) is 1. The minimum atomic E-state index is -0.342. The number of hydrogen-bond donors (Lipinski definition) is 0. The molecule has 0 amide bonds. The first-order valence-corrected chi connectivity index (χ1v) is 11.0. The summed E-state index contributed by atoms with van der Waals surface area (Å²) in [5, 5.41) is 4.56. The molecule has 0 saturated carbocycles. The standard InChI is InChI=1S/C21H31N7O3/c1-5-6-7-26-17-18(22-20(26)28-16(3)14-15(2)23-28)24(4)21(30)27(19(17)29)9-8-25-10-12-31-13-11-25/h14H,5-13H2,1-4H3. The van der Waals surface area contributed by atoms with Crippen molar-refractivity contribution in [3.8, 4) is 5.95 Å². The van der Waals surface area contributed by atoms with Crippen LogP contribution in [0.5, 0.6) is 0 Å². The van der Waals surface area contributed by atoms with Gasteiger partial charge < -0.3 is 9.30 Å². The van der Waals surface area contributed by atoms with Crippen molar-refractivity contribution in [2.24, 2.45) is 7.05 Å². The molecule has 0 aromatic carbocycles. The minimum absolute atomic E-state index is 0.289. The average Bonchev–Trinajstić information content (AvgIpc) is 3.30. The molecule has 3 aromatic heterocycles. The third-order valence-electron chi connectivity index (χ3n) is 5.89. The van der Waals surface area contributed by atoms with E-state index < -0.39 is 0 Å². The summed E-state index contributed by atoms with van der Waals surface area (Å²) in [4.78, 5) is 33.5. The Kier molecular flexibility index (Phi) is 6.10. The van der Waals surface area contributed by atoms with Gasteiger partial charge in [0.25, 0.3) is 5.56 Å². The van der Waals surface area contributed by atoms with Gasteiger partial charge in [-0.05, 0) is 26.3 Å². The lowest BCUT2D eigenvalue weighted by Crippen LogP contribution is -2.44. The Morgan fingerprint density at radius 1 is 1.06 bits per heavy atom. The van der Waals surface area contributed by atoms with Crippen LogP contribution in [0.15, 0.2) is 15.7 Å². The van der Waals surface area contributed by atoms with Crippen molar-refractivity contribution in [3.63, 3.8) is 0 Å². The number of aryl methyl sites for hydroxylation is 4. The number of ether oxygens (including phenoxy) is 1. The summed E-state index contributed by atoms with van der Waals surface area (Å²) in [7, 11) is 1.68. The molecule has 0 bridgehead atoms. The van der Waals surface area contributed by atoms with Crippen LogP contribution in [-0.2, 0) is 24.9 Å². The third-order valence-corrected chi connectivity index (χ3v) is 5.89. The van der Waals surface area contributed by atoms with E-state index >= 15 is 0 Å². The zero-order chi connectivity index (χ0) is 22.1. The summed E-state index contributed by atoms with van der Waals surface area (Å²) in [6.45, 7) is 10.6. The van der Waals surface area contributed by atoms with Crippen LogP contribution < -0.4 is 11.2 Å². The summed E-state index contributed by atoms with van der Waals surface area (Å²) in [5.74, 6) is 0.576. The molecular formula is C21H31N7O3. The Bertz CT molecular complexity index is 1190. The van der Waals surface area contributed by atoms with Gasteiger partial charge in [-0.25, -0.2) is 9.48 Å². The zero-order valence-electron chi connectivity index (χ0n) is 18.8. The van der Waals surface area contributed by atoms with Gasteiger partial charge in [-0.1, -0.05) is 13.3 Å². The van der Waals surface area contributed by atoms with Crippen LogP contribution >= 0.6 is 0 Å². The fraction of sp³-hybridized carbons (Fsp3) is 0.619. The van der Waals surface area contributed by atoms with E-state index in [9.17, 15) is 9.59 Å². The molecule has 10 nitrogen and oxygen atoms in total. The lowest BCUT2D eigenvalue weighted by atomic mass is 10.3. The van der Waals surface area contributed by atoms with Crippen LogP contribution in [-0.4, -0.2) is 66.2 Å². The van der Waals surface area contributed by atoms with Crippen LogP contribution in [0, 0.1) is 13.8 Å². The van der Waals surface area contributed by atoms with Gasteiger partial charge in [-0.15, -0.1) is 0 Å². The van der Waals surface area contributed by atoms with Crippen LogP contribution in [0.3, 0.4) is 0 Å². The van der Waals surface area contributed by atoms with Crippen LogP contribution in [0.25, 0.3) is 17.1 Å². The van der Waals surface area contributed by atoms with Gasteiger partial charge in [0.15, 0.2) is 11.2 Å². The number of hydrogen-bond acceptors (Lipinski definition) is 6. The number of fused-ring (bicyclic) bond motifs is 1. The molecule has 0 radical (unpaired) electrons. The second-order valence-electron chi connectivity index (χ2n) is 8.18. The summed E-state index contributed by atoms with van der Waals surface area (Å²) in [6.07, 6.45) is 1.88. The highest BCUT2D eigenvalue weighted by atomic mass is 16.5. The van der Waals surface area contributed by atoms with E-state index in [4.69, 9.17) is 9.72 Å². The number of nitrogens with zero attached hydrogens (tertiary/aromatic N) is 7. The normalized spacial score (nSPS) is 15.2. The van der Waals surface area contributed by atoms with Gasteiger partial charge in [0.05, 0.1) is 18.9 Å². The first-order valence-electron chi connectivity index (χ1n) is 11.0.